The zero-order chi connectivity index (χ0) is 17.2. The van der Waals surface area contributed by atoms with Gasteiger partial charge in [-0.1, -0.05) is 24.3 Å². The predicted octanol–water partition coefficient (Wildman–Crippen LogP) is 1.81. The van der Waals surface area contributed by atoms with Crippen molar-refractivity contribution < 1.29 is 18.3 Å². The smallest absolute Gasteiger partial charge is 0.407 e. The first kappa shape index (κ1) is 16.4. The number of rotatable bonds is 3. The van der Waals surface area contributed by atoms with Crippen LogP contribution in [0.3, 0.4) is 0 Å². The second-order valence-electron chi connectivity index (χ2n) is 5.45. The number of nitrogens with zero attached hydrogens (tertiary/aromatic N) is 3. The van der Waals surface area contributed by atoms with Crippen molar-refractivity contribution >= 4 is 16.1 Å². The molecule has 0 aliphatic carbocycles. The van der Waals surface area contributed by atoms with Crippen LogP contribution in [0.2, 0.25) is 0 Å². The van der Waals surface area contributed by atoms with Crippen molar-refractivity contribution in [3.8, 4) is 0 Å². The van der Waals surface area contributed by atoms with Crippen molar-refractivity contribution in [2.75, 3.05) is 19.6 Å². The first-order valence-electron chi connectivity index (χ1n) is 7.45. The van der Waals surface area contributed by atoms with E-state index in [4.69, 9.17) is 0 Å². The van der Waals surface area contributed by atoms with Gasteiger partial charge in [0, 0.05) is 32.0 Å². The maximum absolute atomic E-state index is 12.8. The Hall–Kier alpha value is -2.45. The molecule has 0 bridgehead atoms. The van der Waals surface area contributed by atoms with Gasteiger partial charge >= 0.3 is 6.09 Å². The molecule has 126 valence electrons. The van der Waals surface area contributed by atoms with Crippen molar-refractivity contribution in [1.29, 1.82) is 0 Å². The molecular weight excluding hydrogens is 330 g/mol. The van der Waals surface area contributed by atoms with Gasteiger partial charge in [0.05, 0.1) is 10.9 Å². The van der Waals surface area contributed by atoms with Gasteiger partial charge in [0.2, 0.25) is 10.0 Å². The summed E-state index contributed by atoms with van der Waals surface area (Å²) in [6.07, 6.45) is 2.09. The van der Waals surface area contributed by atoms with Crippen LogP contribution in [0.1, 0.15) is 11.6 Å². The zero-order valence-electron chi connectivity index (χ0n) is 12.8. The number of hydrogen-bond donors (Lipinski definition) is 1. The van der Waals surface area contributed by atoms with Crippen LogP contribution < -0.4 is 0 Å². The largest absolute Gasteiger partial charge is 0.465 e. The van der Waals surface area contributed by atoms with Gasteiger partial charge in [0.25, 0.3) is 0 Å². The normalized spacial score (nSPS) is 19.2. The van der Waals surface area contributed by atoms with Gasteiger partial charge in [-0.15, -0.1) is 0 Å². The highest BCUT2D eigenvalue weighted by atomic mass is 32.2. The summed E-state index contributed by atoms with van der Waals surface area (Å²) >= 11 is 0. The molecule has 8 heteroatoms. The molecule has 2 heterocycles. The molecule has 3 rings (SSSR count). The average molecular weight is 347 g/mol. The van der Waals surface area contributed by atoms with Crippen molar-refractivity contribution in [1.82, 2.24) is 14.2 Å². The Labute approximate surface area is 140 Å². The van der Waals surface area contributed by atoms with Crippen molar-refractivity contribution in [3.05, 3.63) is 60.4 Å². The topological polar surface area (TPSA) is 90.8 Å². The van der Waals surface area contributed by atoms with Crippen molar-refractivity contribution in [2.24, 2.45) is 0 Å². The van der Waals surface area contributed by atoms with Crippen LogP contribution in [0.4, 0.5) is 4.79 Å². The van der Waals surface area contributed by atoms with Crippen LogP contribution in [0.25, 0.3) is 0 Å². The summed E-state index contributed by atoms with van der Waals surface area (Å²) in [5.41, 5.74) is 0.674. The second-order valence-corrected chi connectivity index (χ2v) is 7.39. The molecule has 1 aromatic carbocycles. The van der Waals surface area contributed by atoms with E-state index in [0.717, 1.165) is 0 Å². The van der Waals surface area contributed by atoms with E-state index in [1.165, 1.54) is 21.3 Å². The van der Waals surface area contributed by atoms with Gasteiger partial charge in [-0.2, -0.15) is 4.31 Å². The predicted molar refractivity (Wildman–Crippen MR) is 86.9 cm³/mol. The Bertz CT molecular complexity index is 812. The van der Waals surface area contributed by atoms with Gasteiger partial charge in [-0.05, 0) is 23.8 Å². The molecule has 24 heavy (non-hydrogen) atoms. The molecule has 1 saturated heterocycles. The molecule has 0 saturated carbocycles. The Kier molecular flexibility index (Phi) is 4.50. The highest BCUT2D eigenvalue weighted by Crippen LogP contribution is 2.28. The van der Waals surface area contributed by atoms with Gasteiger partial charge < -0.3 is 5.11 Å². The van der Waals surface area contributed by atoms with E-state index in [9.17, 15) is 18.3 Å². The van der Waals surface area contributed by atoms with Crippen LogP contribution in [0, 0.1) is 0 Å². The highest BCUT2D eigenvalue weighted by molar-refractivity contribution is 7.89. The zero-order valence-corrected chi connectivity index (χ0v) is 13.6. The summed E-state index contributed by atoms with van der Waals surface area (Å²) in [6.45, 7) is 0.302. The number of hydrogen-bond acceptors (Lipinski definition) is 4. The summed E-state index contributed by atoms with van der Waals surface area (Å²) < 4.78 is 26.9. The first-order valence-corrected chi connectivity index (χ1v) is 8.89. The van der Waals surface area contributed by atoms with Crippen LogP contribution >= 0.6 is 0 Å². The third-order valence-electron chi connectivity index (χ3n) is 4.04. The maximum Gasteiger partial charge on any atom is 0.407 e. The van der Waals surface area contributed by atoms with E-state index in [0.29, 0.717) is 5.56 Å². The van der Waals surface area contributed by atoms with Gasteiger partial charge in [-0.25, -0.2) is 13.2 Å². The van der Waals surface area contributed by atoms with Gasteiger partial charge in [-0.3, -0.25) is 9.88 Å². The quantitative estimate of drug-likeness (QED) is 0.914. The van der Waals surface area contributed by atoms with Crippen LogP contribution in [0.15, 0.2) is 59.8 Å². The number of pyridine rings is 1. The average Bonchev–Trinajstić information content (AvgIpc) is 2.62. The van der Waals surface area contributed by atoms with E-state index >= 15 is 0 Å². The molecular formula is C16H17N3O4S. The SMILES string of the molecule is O=C(O)N1CCN(S(=O)(=O)c2ccccc2)CC1c1cccnc1. The van der Waals surface area contributed by atoms with Gasteiger partial charge in [0.1, 0.15) is 0 Å². The maximum atomic E-state index is 12.8. The van der Waals surface area contributed by atoms with E-state index < -0.39 is 22.2 Å². The van der Waals surface area contributed by atoms with E-state index in [2.05, 4.69) is 4.98 Å². The van der Waals surface area contributed by atoms with Crippen LogP contribution in [-0.4, -0.2) is 53.4 Å². The summed E-state index contributed by atoms with van der Waals surface area (Å²) in [4.78, 5) is 17.0. The standard InChI is InChI=1S/C16H17N3O4S/c20-16(21)19-10-9-18(12-15(19)13-5-4-8-17-11-13)24(22,23)14-6-2-1-3-7-14/h1-8,11,15H,9-10,12H2,(H,20,21). The number of sulfonamides is 1. The van der Waals surface area contributed by atoms with E-state index in [-0.39, 0.29) is 24.5 Å². The number of piperazine rings is 1. The highest BCUT2D eigenvalue weighted by Gasteiger charge is 2.37. The molecule has 1 aliphatic rings. The lowest BCUT2D eigenvalue weighted by atomic mass is 10.1. The minimum Gasteiger partial charge on any atom is -0.465 e. The summed E-state index contributed by atoms with van der Waals surface area (Å²) in [6, 6.07) is 11.0. The number of benzene rings is 1. The number of aromatic nitrogens is 1. The van der Waals surface area contributed by atoms with Crippen LogP contribution in [0.5, 0.6) is 0 Å². The third kappa shape index (κ3) is 3.10. The molecule has 1 unspecified atom stereocenters. The lowest BCUT2D eigenvalue weighted by Crippen LogP contribution is -2.51. The Morgan fingerprint density at radius 3 is 2.50 bits per heavy atom. The Balaban J connectivity index is 1.92. The third-order valence-corrected chi connectivity index (χ3v) is 5.92. The molecule has 1 N–H and O–H groups in total. The minimum absolute atomic E-state index is 0.0647. The molecule has 1 aliphatic heterocycles. The fourth-order valence-corrected chi connectivity index (χ4v) is 4.26. The minimum atomic E-state index is -3.66. The molecule has 1 atom stereocenters. The van der Waals surface area contributed by atoms with Gasteiger partial charge in [0.15, 0.2) is 0 Å². The summed E-state index contributed by atoms with van der Waals surface area (Å²) in [5, 5.41) is 9.41. The fourth-order valence-electron chi connectivity index (χ4n) is 2.81. The first-order chi connectivity index (χ1) is 11.5. The van der Waals surface area contributed by atoms with Crippen molar-refractivity contribution in [2.45, 2.75) is 10.9 Å². The molecule has 2 aromatic rings. The summed E-state index contributed by atoms with van der Waals surface area (Å²) in [5.74, 6) is 0. The Morgan fingerprint density at radius 2 is 1.88 bits per heavy atom. The molecule has 1 aromatic heterocycles. The van der Waals surface area contributed by atoms with E-state index in [1.54, 1.807) is 42.7 Å². The number of amides is 1. The monoisotopic (exact) mass is 347 g/mol. The molecule has 0 spiro atoms. The van der Waals surface area contributed by atoms with Crippen molar-refractivity contribution in [3.63, 3.8) is 0 Å². The molecule has 0 radical (unpaired) electrons. The number of carbonyl (C=O) groups is 1. The summed E-state index contributed by atoms with van der Waals surface area (Å²) in [7, 11) is -3.66. The van der Waals surface area contributed by atoms with E-state index in [1.807, 2.05) is 0 Å². The molecule has 7 nitrogen and oxygen atoms in total. The Morgan fingerprint density at radius 1 is 1.12 bits per heavy atom. The molecule has 1 fully saturated rings. The lowest BCUT2D eigenvalue weighted by Gasteiger charge is -2.39. The van der Waals surface area contributed by atoms with Crippen LogP contribution in [-0.2, 0) is 10.0 Å². The number of carboxylic acid groups (broad SMARTS) is 1. The lowest BCUT2D eigenvalue weighted by molar-refractivity contribution is 0.0929. The second kappa shape index (κ2) is 6.58. The molecule has 1 amide bonds. The fraction of sp³-hybridized carbons (Fsp3) is 0.250.